The molecule has 0 fully saturated rings. The van der Waals surface area contributed by atoms with Crippen LogP contribution in [0.15, 0.2) is 24.5 Å². The van der Waals surface area contributed by atoms with Gasteiger partial charge in [0.25, 0.3) is 0 Å². The molecule has 1 atom stereocenters. The van der Waals surface area contributed by atoms with Gasteiger partial charge in [-0.2, -0.15) is 0 Å². The standard InChI is InChI=1S/C16H26N2O2/c1-4-16(5-2,8-10-19)12-18-15(20)13(3)14-7-6-9-17-11-14/h6-7,9,11,13,19H,4-5,8,10,12H2,1-3H3,(H,18,20). The summed E-state index contributed by atoms with van der Waals surface area (Å²) >= 11 is 0. The molecule has 1 aromatic heterocycles. The van der Waals surface area contributed by atoms with Crippen molar-refractivity contribution in [1.29, 1.82) is 0 Å². The molecule has 0 aromatic carbocycles. The first-order chi connectivity index (χ1) is 9.58. The van der Waals surface area contributed by atoms with Gasteiger partial charge in [-0.05, 0) is 43.2 Å². The Bertz CT molecular complexity index is 402. The van der Waals surface area contributed by atoms with Crippen LogP contribution in [0.5, 0.6) is 0 Å². The van der Waals surface area contributed by atoms with Gasteiger partial charge in [-0.1, -0.05) is 19.9 Å². The van der Waals surface area contributed by atoms with Gasteiger partial charge in [0.1, 0.15) is 0 Å². The molecule has 20 heavy (non-hydrogen) atoms. The fraction of sp³-hybridized carbons (Fsp3) is 0.625. The largest absolute Gasteiger partial charge is 0.396 e. The predicted octanol–water partition coefficient (Wildman–Crippen LogP) is 2.49. The molecule has 4 nitrogen and oxygen atoms in total. The van der Waals surface area contributed by atoms with Crippen LogP contribution in [0.2, 0.25) is 0 Å². The average molecular weight is 278 g/mol. The molecule has 0 saturated heterocycles. The Labute approximate surface area is 121 Å². The Balaban J connectivity index is 2.62. The van der Waals surface area contributed by atoms with Gasteiger partial charge >= 0.3 is 0 Å². The molecule has 1 unspecified atom stereocenters. The van der Waals surface area contributed by atoms with Crippen molar-refractivity contribution in [1.82, 2.24) is 10.3 Å². The maximum absolute atomic E-state index is 12.2. The van der Waals surface area contributed by atoms with Gasteiger partial charge in [0.2, 0.25) is 5.91 Å². The Morgan fingerprint density at radius 2 is 2.15 bits per heavy atom. The van der Waals surface area contributed by atoms with Crippen LogP contribution in [0.25, 0.3) is 0 Å². The number of hydrogen-bond donors (Lipinski definition) is 2. The summed E-state index contributed by atoms with van der Waals surface area (Å²) in [6.07, 6.45) is 6.05. The van der Waals surface area contributed by atoms with Crippen molar-refractivity contribution in [2.75, 3.05) is 13.2 Å². The highest BCUT2D eigenvalue weighted by Gasteiger charge is 2.27. The minimum atomic E-state index is -0.204. The molecule has 0 aliphatic heterocycles. The van der Waals surface area contributed by atoms with Crippen LogP contribution in [-0.2, 0) is 4.79 Å². The number of aromatic nitrogens is 1. The van der Waals surface area contributed by atoms with Gasteiger partial charge < -0.3 is 10.4 Å². The summed E-state index contributed by atoms with van der Waals surface area (Å²) < 4.78 is 0. The minimum Gasteiger partial charge on any atom is -0.396 e. The number of rotatable bonds is 8. The van der Waals surface area contributed by atoms with Crippen molar-refractivity contribution in [2.45, 2.75) is 46.0 Å². The molecule has 4 heteroatoms. The van der Waals surface area contributed by atoms with E-state index in [4.69, 9.17) is 0 Å². The summed E-state index contributed by atoms with van der Waals surface area (Å²) in [4.78, 5) is 16.3. The van der Waals surface area contributed by atoms with E-state index in [1.54, 1.807) is 12.4 Å². The van der Waals surface area contributed by atoms with Crippen molar-refractivity contribution < 1.29 is 9.90 Å². The van der Waals surface area contributed by atoms with Gasteiger partial charge in [-0.15, -0.1) is 0 Å². The number of carbonyl (C=O) groups excluding carboxylic acids is 1. The fourth-order valence-electron chi connectivity index (χ4n) is 2.39. The van der Waals surface area contributed by atoms with Gasteiger partial charge in [0, 0.05) is 25.5 Å². The minimum absolute atomic E-state index is 0.000925. The molecule has 1 aromatic rings. The number of hydrogen-bond acceptors (Lipinski definition) is 3. The monoisotopic (exact) mass is 278 g/mol. The predicted molar refractivity (Wildman–Crippen MR) is 80.4 cm³/mol. The maximum Gasteiger partial charge on any atom is 0.227 e. The Kier molecular flexibility index (Phi) is 6.65. The zero-order valence-corrected chi connectivity index (χ0v) is 12.7. The molecule has 0 bridgehead atoms. The second-order valence-corrected chi connectivity index (χ2v) is 5.41. The van der Waals surface area contributed by atoms with Crippen LogP contribution < -0.4 is 5.32 Å². The third-order valence-corrected chi connectivity index (χ3v) is 4.36. The third kappa shape index (κ3) is 4.30. The van der Waals surface area contributed by atoms with Crippen molar-refractivity contribution >= 4 is 5.91 Å². The smallest absolute Gasteiger partial charge is 0.227 e. The van der Waals surface area contributed by atoms with Crippen LogP contribution in [0, 0.1) is 5.41 Å². The van der Waals surface area contributed by atoms with E-state index in [0.29, 0.717) is 6.54 Å². The maximum atomic E-state index is 12.2. The number of pyridine rings is 1. The van der Waals surface area contributed by atoms with E-state index < -0.39 is 0 Å². The lowest BCUT2D eigenvalue weighted by molar-refractivity contribution is -0.122. The lowest BCUT2D eigenvalue weighted by Gasteiger charge is -2.31. The number of nitrogens with zero attached hydrogens (tertiary/aromatic N) is 1. The number of aliphatic hydroxyl groups excluding tert-OH is 1. The Morgan fingerprint density at radius 3 is 2.65 bits per heavy atom. The molecule has 0 radical (unpaired) electrons. The first-order valence-corrected chi connectivity index (χ1v) is 7.37. The lowest BCUT2D eigenvalue weighted by atomic mass is 9.79. The Hall–Kier alpha value is -1.42. The molecule has 2 N–H and O–H groups in total. The van der Waals surface area contributed by atoms with Gasteiger partial charge in [-0.25, -0.2) is 0 Å². The quantitative estimate of drug-likeness (QED) is 0.768. The number of amides is 1. The van der Waals surface area contributed by atoms with Gasteiger partial charge in [-0.3, -0.25) is 9.78 Å². The van der Waals surface area contributed by atoms with Crippen molar-refractivity contribution in [3.05, 3.63) is 30.1 Å². The van der Waals surface area contributed by atoms with Crippen molar-refractivity contribution in [3.8, 4) is 0 Å². The van der Waals surface area contributed by atoms with Crippen LogP contribution >= 0.6 is 0 Å². The molecule has 0 spiro atoms. The Morgan fingerprint density at radius 1 is 1.45 bits per heavy atom. The molecular weight excluding hydrogens is 252 g/mol. The summed E-state index contributed by atoms with van der Waals surface area (Å²) in [5, 5.41) is 12.2. The van der Waals surface area contributed by atoms with Gasteiger partial charge in [0.05, 0.1) is 5.92 Å². The highest BCUT2D eigenvalue weighted by molar-refractivity contribution is 5.83. The molecule has 0 aliphatic rings. The third-order valence-electron chi connectivity index (χ3n) is 4.36. The summed E-state index contributed by atoms with van der Waals surface area (Å²) in [6, 6.07) is 3.76. The molecule has 1 rings (SSSR count). The van der Waals surface area contributed by atoms with Gasteiger partial charge in [0.15, 0.2) is 0 Å². The van der Waals surface area contributed by atoms with E-state index in [1.807, 2.05) is 19.1 Å². The first-order valence-electron chi connectivity index (χ1n) is 7.37. The second kappa shape index (κ2) is 8.00. The van der Waals surface area contributed by atoms with Crippen LogP contribution in [0.3, 0.4) is 0 Å². The first kappa shape index (κ1) is 16.6. The molecule has 1 amide bonds. The fourth-order valence-corrected chi connectivity index (χ4v) is 2.39. The molecular formula is C16H26N2O2. The molecule has 0 aliphatic carbocycles. The van der Waals surface area contributed by atoms with Crippen molar-refractivity contribution in [3.63, 3.8) is 0 Å². The number of carbonyl (C=O) groups is 1. The summed E-state index contributed by atoms with van der Waals surface area (Å²) in [7, 11) is 0. The van der Waals surface area contributed by atoms with Crippen molar-refractivity contribution in [2.24, 2.45) is 5.41 Å². The highest BCUT2D eigenvalue weighted by atomic mass is 16.3. The number of aliphatic hydroxyl groups is 1. The summed E-state index contributed by atoms with van der Waals surface area (Å²) in [5.74, 6) is -0.188. The SMILES string of the molecule is CCC(CC)(CCO)CNC(=O)C(C)c1cccnc1. The van der Waals surface area contributed by atoms with E-state index in [0.717, 1.165) is 24.8 Å². The van der Waals surface area contributed by atoms with E-state index in [-0.39, 0.29) is 23.8 Å². The van der Waals surface area contributed by atoms with Crippen LogP contribution in [0.1, 0.15) is 51.5 Å². The second-order valence-electron chi connectivity index (χ2n) is 5.41. The average Bonchev–Trinajstić information content (AvgIpc) is 2.51. The zero-order valence-electron chi connectivity index (χ0n) is 12.7. The molecule has 112 valence electrons. The summed E-state index contributed by atoms with van der Waals surface area (Å²) in [6.45, 7) is 6.88. The van der Waals surface area contributed by atoms with E-state index >= 15 is 0 Å². The number of nitrogens with one attached hydrogen (secondary N) is 1. The molecule has 0 saturated carbocycles. The van der Waals surface area contributed by atoms with E-state index in [9.17, 15) is 9.90 Å². The van der Waals surface area contributed by atoms with Crippen LogP contribution in [0.4, 0.5) is 0 Å². The zero-order chi connectivity index (χ0) is 15.0. The summed E-state index contributed by atoms with van der Waals surface area (Å²) in [5.41, 5.74) is 0.921. The highest BCUT2D eigenvalue weighted by Crippen LogP contribution is 2.29. The molecule has 1 heterocycles. The topological polar surface area (TPSA) is 62.2 Å². The normalized spacial score (nSPS) is 13.0. The van der Waals surface area contributed by atoms with Crippen LogP contribution in [-0.4, -0.2) is 29.1 Å². The van der Waals surface area contributed by atoms with E-state index in [2.05, 4.69) is 24.1 Å². The lowest BCUT2D eigenvalue weighted by Crippen LogP contribution is -2.39. The van der Waals surface area contributed by atoms with E-state index in [1.165, 1.54) is 0 Å².